The van der Waals surface area contributed by atoms with E-state index in [9.17, 15) is 4.79 Å². The highest BCUT2D eigenvalue weighted by Gasteiger charge is 2.28. The van der Waals surface area contributed by atoms with Crippen molar-refractivity contribution in [3.8, 4) is 5.88 Å². The van der Waals surface area contributed by atoms with Gasteiger partial charge in [0, 0.05) is 6.04 Å². The van der Waals surface area contributed by atoms with Gasteiger partial charge in [0.15, 0.2) is 5.82 Å². The van der Waals surface area contributed by atoms with Gasteiger partial charge >= 0.3 is 0 Å². The molecule has 0 aromatic carbocycles. The number of carbonyl (C=O) groups is 1. The summed E-state index contributed by atoms with van der Waals surface area (Å²) in [7, 11) is 1.51. The topological polar surface area (TPSA) is 76.1 Å². The molecule has 0 fully saturated rings. The fraction of sp³-hybridized carbons (Fsp3) is 0.500. The maximum Gasteiger partial charge on any atom is 0.242 e. The van der Waals surface area contributed by atoms with E-state index >= 15 is 0 Å². The van der Waals surface area contributed by atoms with E-state index in [1.807, 2.05) is 13.8 Å². The van der Waals surface area contributed by atoms with E-state index in [1.54, 1.807) is 0 Å². The third-order valence-corrected chi connectivity index (χ3v) is 2.78. The number of nitrogens with one attached hydrogen (secondary N) is 2. The Hall–Kier alpha value is -1.85. The lowest BCUT2D eigenvalue weighted by Crippen LogP contribution is -2.30. The molecule has 1 amide bonds. The highest BCUT2D eigenvalue weighted by Crippen LogP contribution is 2.32. The van der Waals surface area contributed by atoms with E-state index < -0.39 is 0 Å². The van der Waals surface area contributed by atoms with Gasteiger partial charge in [-0.2, -0.15) is 4.98 Å². The lowest BCUT2D eigenvalue weighted by molar-refractivity contribution is -0.119. The molecule has 86 valence electrons. The Balaban J connectivity index is 2.46. The normalized spacial score (nSPS) is 23.8. The molecule has 6 heteroatoms. The Bertz CT molecular complexity index is 421. The minimum Gasteiger partial charge on any atom is -0.479 e. The number of methoxy groups -OCH3 is 1. The Morgan fingerprint density at radius 3 is 2.81 bits per heavy atom. The molecule has 1 aliphatic heterocycles. The molecule has 2 heterocycles. The average Bonchev–Trinajstić information content (AvgIpc) is 2.39. The quantitative estimate of drug-likeness (QED) is 0.737. The molecular formula is C10H14N4O2. The average molecular weight is 222 g/mol. The first kappa shape index (κ1) is 10.7. The van der Waals surface area contributed by atoms with Crippen molar-refractivity contribution in [3.05, 3.63) is 6.33 Å². The van der Waals surface area contributed by atoms with Gasteiger partial charge in [-0.05, 0) is 6.92 Å². The second-order valence-corrected chi connectivity index (χ2v) is 3.82. The molecule has 0 aliphatic carbocycles. The number of aromatic nitrogens is 2. The number of nitrogens with zero attached hydrogens (tertiary/aromatic N) is 2. The van der Waals surface area contributed by atoms with Crippen LogP contribution in [0, 0.1) is 5.92 Å². The lowest BCUT2D eigenvalue weighted by atomic mass is 10.0. The third kappa shape index (κ3) is 1.66. The Morgan fingerprint density at radius 2 is 2.12 bits per heavy atom. The molecule has 2 N–H and O–H groups in total. The van der Waals surface area contributed by atoms with Crippen LogP contribution in [0.15, 0.2) is 6.33 Å². The van der Waals surface area contributed by atoms with Crippen molar-refractivity contribution in [1.82, 2.24) is 9.97 Å². The number of hydrogen-bond donors (Lipinski definition) is 2. The number of fused-ring (bicyclic) bond motifs is 1. The standard InChI is InChI=1S/C10H14N4O2/c1-5-6(2)13-8-7(14-9(5)15)10(16-3)12-4-11-8/h4-6H,1-3H3,(H,14,15)(H,11,12,13). The van der Waals surface area contributed by atoms with Crippen LogP contribution in [0.3, 0.4) is 0 Å². The summed E-state index contributed by atoms with van der Waals surface area (Å²) in [6.45, 7) is 3.80. The summed E-state index contributed by atoms with van der Waals surface area (Å²) in [5.41, 5.74) is 0.506. The van der Waals surface area contributed by atoms with Crippen molar-refractivity contribution in [2.45, 2.75) is 19.9 Å². The molecule has 1 aromatic heterocycles. The zero-order valence-corrected chi connectivity index (χ0v) is 9.44. The van der Waals surface area contributed by atoms with Crippen LogP contribution in [-0.4, -0.2) is 29.0 Å². The van der Waals surface area contributed by atoms with E-state index in [4.69, 9.17) is 4.74 Å². The van der Waals surface area contributed by atoms with Crippen LogP contribution in [0.25, 0.3) is 0 Å². The van der Waals surface area contributed by atoms with Crippen molar-refractivity contribution in [1.29, 1.82) is 0 Å². The predicted octanol–water partition coefficient (Wildman–Crippen LogP) is 0.874. The van der Waals surface area contributed by atoms with Crippen molar-refractivity contribution >= 4 is 17.4 Å². The zero-order chi connectivity index (χ0) is 11.7. The van der Waals surface area contributed by atoms with Crippen molar-refractivity contribution in [2.24, 2.45) is 5.92 Å². The van der Waals surface area contributed by atoms with Gasteiger partial charge in [-0.3, -0.25) is 4.79 Å². The fourth-order valence-electron chi connectivity index (χ4n) is 1.55. The van der Waals surface area contributed by atoms with Crippen LogP contribution in [0.2, 0.25) is 0 Å². The van der Waals surface area contributed by atoms with Crippen LogP contribution >= 0.6 is 0 Å². The van der Waals surface area contributed by atoms with Crippen LogP contribution in [0.4, 0.5) is 11.5 Å². The number of carbonyl (C=O) groups excluding carboxylic acids is 1. The van der Waals surface area contributed by atoms with E-state index in [-0.39, 0.29) is 17.9 Å². The van der Waals surface area contributed by atoms with Gasteiger partial charge in [0.1, 0.15) is 12.0 Å². The van der Waals surface area contributed by atoms with Gasteiger partial charge < -0.3 is 15.4 Å². The number of amides is 1. The summed E-state index contributed by atoms with van der Waals surface area (Å²) in [5.74, 6) is 0.759. The smallest absolute Gasteiger partial charge is 0.242 e. The molecule has 1 aliphatic rings. The molecule has 1 aromatic rings. The summed E-state index contributed by atoms with van der Waals surface area (Å²) in [6, 6.07) is 0.0147. The molecule has 6 nitrogen and oxygen atoms in total. The molecule has 16 heavy (non-hydrogen) atoms. The third-order valence-electron chi connectivity index (χ3n) is 2.78. The van der Waals surface area contributed by atoms with Gasteiger partial charge in [-0.25, -0.2) is 4.98 Å². The molecule has 0 saturated heterocycles. The highest BCUT2D eigenvalue weighted by molar-refractivity contribution is 5.98. The molecule has 2 rings (SSSR count). The fourth-order valence-corrected chi connectivity index (χ4v) is 1.55. The van der Waals surface area contributed by atoms with Crippen LogP contribution in [0.1, 0.15) is 13.8 Å². The summed E-state index contributed by atoms with van der Waals surface area (Å²) in [4.78, 5) is 19.8. The van der Waals surface area contributed by atoms with Crippen LogP contribution in [-0.2, 0) is 4.79 Å². The molecule has 2 atom stereocenters. The summed E-state index contributed by atoms with van der Waals surface area (Å²) >= 11 is 0. The molecular weight excluding hydrogens is 208 g/mol. The second-order valence-electron chi connectivity index (χ2n) is 3.82. The Labute approximate surface area is 93.4 Å². The maximum absolute atomic E-state index is 11.8. The Kier molecular flexibility index (Phi) is 2.64. The minimum absolute atomic E-state index is 0.0147. The maximum atomic E-state index is 11.8. The van der Waals surface area contributed by atoms with Gasteiger partial charge in [-0.1, -0.05) is 6.92 Å². The van der Waals surface area contributed by atoms with Crippen LogP contribution < -0.4 is 15.4 Å². The molecule has 0 radical (unpaired) electrons. The minimum atomic E-state index is -0.140. The largest absolute Gasteiger partial charge is 0.479 e. The molecule has 2 unspecified atom stereocenters. The van der Waals surface area contributed by atoms with Crippen molar-refractivity contribution < 1.29 is 9.53 Å². The monoisotopic (exact) mass is 222 g/mol. The number of rotatable bonds is 1. The number of anilines is 2. The predicted molar refractivity (Wildman–Crippen MR) is 59.5 cm³/mol. The SMILES string of the molecule is COc1ncnc2c1NC(=O)C(C)C(C)N2. The van der Waals surface area contributed by atoms with Gasteiger partial charge in [-0.15, -0.1) is 0 Å². The first-order valence-electron chi connectivity index (χ1n) is 5.10. The van der Waals surface area contributed by atoms with Crippen LogP contribution in [0.5, 0.6) is 5.88 Å². The summed E-state index contributed by atoms with van der Waals surface area (Å²) < 4.78 is 5.08. The van der Waals surface area contributed by atoms with Crippen molar-refractivity contribution in [3.63, 3.8) is 0 Å². The van der Waals surface area contributed by atoms with Gasteiger partial charge in [0.05, 0.1) is 13.0 Å². The lowest BCUT2D eigenvalue weighted by Gasteiger charge is -2.15. The second kappa shape index (κ2) is 3.96. The van der Waals surface area contributed by atoms with Gasteiger partial charge in [0.2, 0.25) is 11.8 Å². The van der Waals surface area contributed by atoms with Gasteiger partial charge in [0.25, 0.3) is 0 Å². The van der Waals surface area contributed by atoms with Crippen molar-refractivity contribution in [2.75, 3.05) is 17.7 Å². The summed E-state index contributed by atoms with van der Waals surface area (Å²) in [6.07, 6.45) is 1.40. The van der Waals surface area contributed by atoms with E-state index in [0.29, 0.717) is 17.4 Å². The highest BCUT2D eigenvalue weighted by atomic mass is 16.5. The number of ether oxygens (including phenoxy) is 1. The van der Waals surface area contributed by atoms with E-state index in [1.165, 1.54) is 13.4 Å². The van der Waals surface area contributed by atoms with E-state index in [0.717, 1.165) is 0 Å². The first-order valence-corrected chi connectivity index (χ1v) is 5.10. The number of hydrogen-bond acceptors (Lipinski definition) is 5. The molecule has 0 saturated carbocycles. The Morgan fingerprint density at radius 1 is 1.38 bits per heavy atom. The molecule has 0 bridgehead atoms. The van der Waals surface area contributed by atoms with E-state index in [2.05, 4.69) is 20.6 Å². The summed E-state index contributed by atoms with van der Waals surface area (Å²) in [5, 5.41) is 5.93. The first-order chi connectivity index (χ1) is 7.63. The zero-order valence-electron chi connectivity index (χ0n) is 9.44. The molecule has 0 spiro atoms.